The monoisotopic (exact) mass is 793 g/mol. The van der Waals surface area contributed by atoms with Gasteiger partial charge in [-0.2, -0.15) is 0 Å². The quantitative estimate of drug-likeness (QED) is 0.161. The smallest absolute Gasteiger partial charge is 0.252 e. The number of fused-ring (bicyclic) bond motifs is 6. The second kappa shape index (κ2) is 13.5. The average molecular weight is 794 g/mol. The Morgan fingerprint density at radius 1 is 0.475 bits per heavy atom. The van der Waals surface area contributed by atoms with E-state index in [0.717, 1.165) is 42.7 Å². The first-order chi connectivity index (χ1) is 29.2. The number of nitrogens with zero attached hydrogens (tertiary/aromatic N) is 3. The Bertz CT molecular complexity index is 2840. The molecule has 7 aromatic rings. The molecule has 0 fully saturated rings. The summed E-state index contributed by atoms with van der Waals surface area (Å²) >= 11 is 0. The Balaban J connectivity index is 1.23. The highest BCUT2D eigenvalue weighted by Crippen LogP contribution is 2.51. The lowest BCUT2D eigenvalue weighted by Crippen LogP contribution is -2.61. The van der Waals surface area contributed by atoms with Crippen LogP contribution in [0.1, 0.15) is 81.8 Å². The van der Waals surface area contributed by atoms with E-state index in [1.807, 2.05) is 0 Å². The second-order valence-electron chi connectivity index (χ2n) is 21.0. The molecule has 4 heteroatoms. The third kappa shape index (κ3) is 6.16. The van der Waals surface area contributed by atoms with Gasteiger partial charge in [0.25, 0.3) is 6.71 Å². The molecule has 0 N–H and O–H groups in total. The van der Waals surface area contributed by atoms with Crippen LogP contribution in [-0.2, 0) is 31.1 Å². The molecular weight excluding hydrogens is 737 g/mol. The van der Waals surface area contributed by atoms with Crippen LogP contribution < -0.4 is 31.1 Å². The van der Waals surface area contributed by atoms with Crippen molar-refractivity contribution in [2.45, 2.75) is 86.5 Å². The van der Waals surface area contributed by atoms with E-state index in [2.05, 4.69) is 216 Å². The highest BCUT2D eigenvalue weighted by molar-refractivity contribution is 7.00. The predicted molar refractivity (Wildman–Crippen MR) is 261 cm³/mol. The van der Waals surface area contributed by atoms with E-state index in [4.69, 9.17) is 0 Å². The standard InChI is InChI=1S/C57H56BN3/c1-37-29-52-54-53(30-37)61(49-24-16-18-39-34-57(7,8)36-45(39)49)51-31-40(55(2,3)4)25-27-46(51)58(54)47-32-43(59(41-19-11-9-12-20-41)42-21-13-10-14-22-42)26-28-50(47)60(52)48-23-15-17-38-33-56(5,6)35-44(38)48/h9-32H,33-36H2,1-8H3. The van der Waals surface area contributed by atoms with E-state index in [0.29, 0.717) is 0 Å². The molecule has 2 heterocycles. The first-order valence-electron chi connectivity index (χ1n) is 22.4. The molecule has 0 amide bonds. The van der Waals surface area contributed by atoms with Crippen LogP contribution in [0.4, 0.5) is 51.2 Å². The number of hydrogen-bond donors (Lipinski definition) is 0. The zero-order valence-corrected chi connectivity index (χ0v) is 37.1. The first-order valence-corrected chi connectivity index (χ1v) is 22.4. The van der Waals surface area contributed by atoms with Gasteiger partial charge in [-0.05, 0) is 171 Å². The van der Waals surface area contributed by atoms with Crippen molar-refractivity contribution in [2.75, 3.05) is 14.7 Å². The zero-order chi connectivity index (χ0) is 42.0. The number of para-hydroxylation sites is 2. The fourth-order valence-electron chi connectivity index (χ4n) is 11.4. The average Bonchev–Trinajstić information content (AvgIpc) is 3.74. The highest BCUT2D eigenvalue weighted by atomic mass is 15.2. The third-order valence-corrected chi connectivity index (χ3v) is 14.0. The molecule has 3 nitrogen and oxygen atoms in total. The van der Waals surface area contributed by atoms with Crippen molar-refractivity contribution in [3.05, 3.63) is 179 Å². The lowest BCUT2D eigenvalue weighted by molar-refractivity contribution is 0.392. The molecule has 0 atom stereocenters. The summed E-state index contributed by atoms with van der Waals surface area (Å²) in [4.78, 5) is 7.76. The summed E-state index contributed by atoms with van der Waals surface area (Å²) < 4.78 is 0. The van der Waals surface area contributed by atoms with E-state index in [-0.39, 0.29) is 23.0 Å². The molecule has 11 rings (SSSR count). The van der Waals surface area contributed by atoms with E-state index >= 15 is 0 Å². The molecule has 0 unspecified atom stereocenters. The zero-order valence-electron chi connectivity index (χ0n) is 37.1. The van der Waals surface area contributed by atoms with Crippen LogP contribution in [0, 0.1) is 17.8 Å². The van der Waals surface area contributed by atoms with Crippen LogP contribution >= 0.6 is 0 Å². The highest BCUT2D eigenvalue weighted by Gasteiger charge is 2.46. The maximum atomic E-state index is 2.68. The molecule has 0 saturated carbocycles. The molecule has 61 heavy (non-hydrogen) atoms. The summed E-state index contributed by atoms with van der Waals surface area (Å²) in [6.45, 7) is 19.1. The summed E-state index contributed by atoms with van der Waals surface area (Å²) in [5, 5.41) is 0. The molecule has 2 aliphatic heterocycles. The summed E-state index contributed by atoms with van der Waals surface area (Å²) in [5.41, 5.74) is 24.3. The van der Waals surface area contributed by atoms with Crippen molar-refractivity contribution in [2.24, 2.45) is 10.8 Å². The van der Waals surface area contributed by atoms with Gasteiger partial charge in [0.15, 0.2) is 0 Å². The molecule has 0 saturated heterocycles. The topological polar surface area (TPSA) is 9.72 Å². The fourth-order valence-corrected chi connectivity index (χ4v) is 11.4. The maximum Gasteiger partial charge on any atom is 0.252 e. The maximum absolute atomic E-state index is 2.68. The molecule has 0 spiro atoms. The fraction of sp³-hybridized carbons (Fsp3) is 0.263. The Morgan fingerprint density at radius 2 is 1.02 bits per heavy atom. The van der Waals surface area contributed by atoms with Crippen LogP contribution in [0.25, 0.3) is 0 Å². The van der Waals surface area contributed by atoms with Crippen molar-refractivity contribution >= 4 is 74.3 Å². The second-order valence-corrected chi connectivity index (χ2v) is 21.0. The predicted octanol–water partition coefficient (Wildman–Crippen LogP) is 13.1. The third-order valence-electron chi connectivity index (χ3n) is 14.0. The Kier molecular flexibility index (Phi) is 8.40. The molecule has 7 aromatic carbocycles. The van der Waals surface area contributed by atoms with Crippen LogP contribution in [0.5, 0.6) is 0 Å². The van der Waals surface area contributed by atoms with E-state index < -0.39 is 0 Å². The molecule has 4 aliphatic rings. The van der Waals surface area contributed by atoms with E-state index in [1.165, 1.54) is 83.9 Å². The minimum Gasteiger partial charge on any atom is -0.311 e. The van der Waals surface area contributed by atoms with Crippen molar-refractivity contribution in [3.63, 3.8) is 0 Å². The number of anilines is 9. The van der Waals surface area contributed by atoms with Gasteiger partial charge in [0, 0.05) is 51.2 Å². The van der Waals surface area contributed by atoms with Gasteiger partial charge in [0.2, 0.25) is 0 Å². The Hall–Kier alpha value is -6.00. The van der Waals surface area contributed by atoms with Crippen molar-refractivity contribution in [1.29, 1.82) is 0 Å². The number of rotatable bonds is 5. The largest absolute Gasteiger partial charge is 0.311 e. The SMILES string of the molecule is Cc1cc2c3c(c1)N(c1cccc4c1CC(C)(C)C4)c1cc(C(C)(C)C)ccc1B3c1cc(N(c3ccccc3)c3ccccc3)ccc1N2c1cccc2c1CC(C)(C)C2. The van der Waals surface area contributed by atoms with E-state index in [9.17, 15) is 0 Å². The van der Waals surface area contributed by atoms with Crippen LogP contribution in [-0.4, -0.2) is 6.71 Å². The van der Waals surface area contributed by atoms with Gasteiger partial charge in [0.1, 0.15) is 0 Å². The summed E-state index contributed by atoms with van der Waals surface area (Å²) in [6.07, 6.45) is 4.33. The summed E-state index contributed by atoms with van der Waals surface area (Å²) in [7, 11) is 0. The van der Waals surface area contributed by atoms with Crippen molar-refractivity contribution < 1.29 is 0 Å². The Labute approximate surface area is 363 Å². The molecule has 0 bridgehead atoms. The lowest BCUT2D eigenvalue weighted by atomic mass is 9.33. The molecule has 302 valence electrons. The molecule has 0 aromatic heterocycles. The molecule has 0 radical (unpaired) electrons. The number of aryl methyl sites for hydroxylation is 1. The van der Waals surface area contributed by atoms with Crippen molar-refractivity contribution in [3.8, 4) is 0 Å². The molecule has 2 aliphatic carbocycles. The van der Waals surface area contributed by atoms with Gasteiger partial charge < -0.3 is 14.7 Å². The number of hydrogen-bond acceptors (Lipinski definition) is 3. The van der Waals surface area contributed by atoms with Gasteiger partial charge in [-0.15, -0.1) is 0 Å². The van der Waals surface area contributed by atoms with Gasteiger partial charge >= 0.3 is 0 Å². The van der Waals surface area contributed by atoms with Gasteiger partial charge in [-0.25, -0.2) is 0 Å². The first kappa shape index (κ1) is 38.0. The van der Waals surface area contributed by atoms with Crippen LogP contribution in [0.2, 0.25) is 0 Å². The van der Waals surface area contributed by atoms with Crippen LogP contribution in [0.3, 0.4) is 0 Å². The van der Waals surface area contributed by atoms with E-state index in [1.54, 1.807) is 0 Å². The lowest BCUT2D eigenvalue weighted by Gasteiger charge is -2.45. The Morgan fingerprint density at radius 3 is 1.56 bits per heavy atom. The number of benzene rings is 7. The minimum atomic E-state index is -0.0128. The minimum absolute atomic E-state index is 0.0128. The van der Waals surface area contributed by atoms with Gasteiger partial charge in [-0.1, -0.05) is 121 Å². The molecular formula is C57H56BN3. The summed E-state index contributed by atoms with van der Waals surface area (Å²) in [5.74, 6) is 0. The normalized spacial score (nSPS) is 16.4. The van der Waals surface area contributed by atoms with Gasteiger partial charge in [-0.3, -0.25) is 0 Å². The van der Waals surface area contributed by atoms with Crippen LogP contribution in [0.15, 0.2) is 146 Å². The van der Waals surface area contributed by atoms with Crippen molar-refractivity contribution in [1.82, 2.24) is 0 Å². The van der Waals surface area contributed by atoms with Gasteiger partial charge in [0.05, 0.1) is 0 Å². The summed E-state index contributed by atoms with van der Waals surface area (Å²) in [6, 6.07) is 55.6.